The van der Waals surface area contributed by atoms with Gasteiger partial charge in [-0.1, -0.05) is 6.92 Å². The first kappa shape index (κ1) is 16.5. The van der Waals surface area contributed by atoms with Crippen LogP contribution < -0.4 is 15.4 Å². The van der Waals surface area contributed by atoms with E-state index in [4.69, 9.17) is 9.47 Å². The first-order valence-electron chi connectivity index (χ1n) is 6.37. The molecule has 2 amide bonds. The molecular weight excluding hydrogens is 276 g/mol. The fraction of sp³-hybridized carbons (Fsp3) is 0.357. The van der Waals surface area contributed by atoms with Gasteiger partial charge in [0, 0.05) is 19.0 Å². The third-order valence-electron chi connectivity index (χ3n) is 2.45. The van der Waals surface area contributed by atoms with Gasteiger partial charge in [0.2, 0.25) is 5.91 Å². The maximum absolute atomic E-state index is 11.7. The van der Waals surface area contributed by atoms with Crippen LogP contribution in [0.15, 0.2) is 18.2 Å². The van der Waals surface area contributed by atoms with E-state index in [2.05, 4.69) is 10.6 Å². The van der Waals surface area contributed by atoms with Gasteiger partial charge in [-0.3, -0.25) is 14.4 Å². The molecule has 2 N–H and O–H groups in total. The summed E-state index contributed by atoms with van der Waals surface area (Å²) >= 11 is 0. The maximum Gasteiger partial charge on any atom is 0.306 e. The fourth-order valence-electron chi connectivity index (χ4n) is 1.52. The molecule has 0 atom stereocenters. The van der Waals surface area contributed by atoms with Gasteiger partial charge in [0.25, 0.3) is 5.91 Å². The van der Waals surface area contributed by atoms with E-state index in [-0.39, 0.29) is 18.9 Å². The number of esters is 1. The highest BCUT2D eigenvalue weighted by atomic mass is 16.5. The molecule has 0 unspecified atom stereocenters. The fourth-order valence-corrected chi connectivity index (χ4v) is 1.52. The second-order valence-corrected chi connectivity index (χ2v) is 4.16. The van der Waals surface area contributed by atoms with Gasteiger partial charge in [0.15, 0.2) is 6.61 Å². The Morgan fingerprint density at radius 3 is 2.48 bits per heavy atom. The van der Waals surface area contributed by atoms with Crippen molar-refractivity contribution >= 4 is 29.2 Å². The van der Waals surface area contributed by atoms with Gasteiger partial charge in [0.05, 0.1) is 12.8 Å². The van der Waals surface area contributed by atoms with E-state index in [0.29, 0.717) is 17.1 Å². The summed E-state index contributed by atoms with van der Waals surface area (Å²) in [4.78, 5) is 33.7. The molecule has 1 aromatic carbocycles. The number of rotatable bonds is 6. The first-order valence-corrected chi connectivity index (χ1v) is 6.37. The van der Waals surface area contributed by atoms with Gasteiger partial charge in [-0.05, 0) is 18.2 Å². The zero-order valence-electron chi connectivity index (χ0n) is 12.2. The molecule has 0 saturated heterocycles. The SMILES string of the molecule is CCC(=O)OCC(=O)Nc1cc(NC(C)=O)ccc1OC. The Bertz CT molecular complexity index is 542. The van der Waals surface area contributed by atoms with Crippen molar-refractivity contribution in [1.82, 2.24) is 0 Å². The largest absolute Gasteiger partial charge is 0.495 e. The van der Waals surface area contributed by atoms with Crippen LogP contribution in [0.3, 0.4) is 0 Å². The molecule has 0 heterocycles. The quantitative estimate of drug-likeness (QED) is 0.776. The van der Waals surface area contributed by atoms with Crippen LogP contribution in [0.2, 0.25) is 0 Å². The smallest absolute Gasteiger partial charge is 0.306 e. The minimum Gasteiger partial charge on any atom is -0.495 e. The van der Waals surface area contributed by atoms with Gasteiger partial charge in [-0.15, -0.1) is 0 Å². The number of carbonyl (C=O) groups excluding carboxylic acids is 3. The Morgan fingerprint density at radius 2 is 1.90 bits per heavy atom. The summed E-state index contributed by atoms with van der Waals surface area (Å²) in [6.07, 6.45) is 0.203. The van der Waals surface area contributed by atoms with Crippen LogP contribution in [0.4, 0.5) is 11.4 Å². The summed E-state index contributed by atoms with van der Waals surface area (Å²) in [7, 11) is 1.46. The van der Waals surface area contributed by atoms with Crippen molar-refractivity contribution in [2.24, 2.45) is 0 Å². The molecule has 0 saturated carbocycles. The highest BCUT2D eigenvalue weighted by molar-refractivity contribution is 5.96. The maximum atomic E-state index is 11.7. The predicted molar refractivity (Wildman–Crippen MR) is 77.2 cm³/mol. The minimum absolute atomic E-state index is 0.203. The third-order valence-corrected chi connectivity index (χ3v) is 2.45. The predicted octanol–water partition coefficient (Wildman–Crippen LogP) is 1.55. The Kier molecular flexibility index (Phi) is 6.19. The normalized spacial score (nSPS) is 9.67. The standard InChI is InChI=1S/C14H18N2O5/c1-4-14(19)21-8-13(18)16-11-7-10(15-9(2)17)5-6-12(11)20-3/h5-7H,4,8H2,1-3H3,(H,15,17)(H,16,18). The number of ether oxygens (including phenoxy) is 2. The Labute approximate surface area is 122 Å². The average Bonchev–Trinajstić information content (AvgIpc) is 2.44. The van der Waals surface area contributed by atoms with Gasteiger partial charge >= 0.3 is 5.97 Å². The van der Waals surface area contributed by atoms with Crippen molar-refractivity contribution in [1.29, 1.82) is 0 Å². The Hall–Kier alpha value is -2.57. The van der Waals surface area contributed by atoms with Gasteiger partial charge < -0.3 is 20.1 Å². The van der Waals surface area contributed by atoms with Crippen LogP contribution in [-0.4, -0.2) is 31.5 Å². The van der Waals surface area contributed by atoms with Crippen LogP contribution in [0.5, 0.6) is 5.75 Å². The van der Waals surface area contributed by atoms with E-state index in [9.17, 15) is 14.4 Å². The lowest BCUT2D eigenvalue weighted by Crippen LogP contribution is -2.21. The summed E-state index contributed by atoms with van der Waals surface area (Å²) in [6.45, 7) is 2.65. The lowest BCUT2D eigenvalue weighted by atomic mass is 10.2. The van der Waals surface area contributed by atoms with Crippen LogP contribution in [0.1, 0.15) is 20.3 Å². The number of hydrogen-bond donors (Lipinski definition) is 2. The number of amides is 2. The van der Waals surface area contributed by atoms with E-state index in [1.807, 2.05) is 0 Å². The number of hydrogen-bond acceptors (Lipinski definition) is 5. The minimum atomic E-state index is -0.491. The van der Waals surface area contributed by atoms with Crippen molar-refractivity contribution in [3.8, 4) is 5.75 Å². The number of methoxy groups -OCH3 is 1. The number of anilines is 2. The molecule has 7 nitrogen and oxygen atoms in total. The van der Waals surface area contributed by atoms with Crippen molar-refractivity contribution in [2.45, 2.75) is 20.3 Å². The highest BCUT2D eigenvalue weighted by Gasteiger charge is 2.11. The Morgan fingerprint density at radius 1 is 1.19 bits per heavy atom. The lowest BCUT2D eigenvalue weighted by Gasteiger charge is -2.12. The van der Waals surface area contributed by atoms with Gasteiger partial charge in [-0.25, -0.2) is 0 Å². The molecule has 0 fully saturated rings. The summed E-state index contributed by atoms with van der Waals surface area (Å²) in [5.41, 5.74) is 0.894. The van der Waals surface area contributed by atoms with Gasteiger partial charge in [-0.2, -0.15) is 0 Å². The molecule has 7 heteroatoms. The number of nitrogens with one attached hydrogen (secondary N) is 2. The summed E-state index contributed by atoms with van der Waals surface area (Å²) in [5, 5.41) is 5.16. The zero-order chi connectivity index (χ0) is 15.8. The molecule has 114 valence electrons. The second kappa shape index (κ2) is 7.88. The molecule has 21 heavy (non-hydrogen) atoms. The molecule has 0 aliphatic carbocycles. The molecule has 1 rings (SSSR count). The van der Waals surface area contributed by atoms with Crippen LogP contribution in [0, 0.1) is 0 Å². The van der Waals surface area contributed by atoms with E-state index < -0.39 is 11.9 Å². The second-order valence-electron chi connectivity index (χ2n) is 4.16. The molecule has 0 radical (unpaired) electrons. The first-order chi connectivity index (χ1) is 9.96. The topological polar surface area (TPSA) is 93.7 Å². The average molecular weight is 294 g/mol. The number of benzene rings is 1. The molecule has 0 aliphatic heterocycles. The van der Waals surface area contributed by atoms with Crippen LogP contribution >= 0.6 is 0 Å². The molecule has 0 bridgehead atoms. The monoisotopic (exact) mass is 294 g/mol. The lowest BCUT2D eigenvalue weighted by molar-refractivity contribution is -0.146. The summed E-state index contributed by atoms with van der Waals surface area (Å²) in [5.74, 6) is -0.743. The van der Waals surface area contributed by atoms with Crippen molar-refractivity contribution < 1.29 is 23.9 Å². The van der Waals surface area contributed by atoms with E-state index in [1.54, 1.807) is 25.1 Å². The van der Waals surface area contributed by atoms with E-state index in [1.165, 1.54) is 14.0 Å². The summed E-state index contributed by atoms with van der Waals surface area (Å²) in [6, 6.07) is 4.81. The highest BCUT2D eigenvalue weighted by Crippen LogP contribution is 2.27. The van der Waals surface area contributed by atoms with Crippen LogP contribution in [-0.2, 0) is 19.1 Å². The molecule has 0 aliphatic rings. The zero-order valence-corrected chi connectivity index (χ0v) is 12.2. The van der Waals surface area contributed by atoms with E-state index in [0.717, 1.165) is 0 Å². The molecule has 1 aromatic rings. The van der Waals surface area contributed by atoms with Gasteiger partial charge in [0.1, 0.15) is 5.75 Å². The number of carbonyl (C=O) groups is 3. The molecule has 0 spiro atoms. The van der Waals surface area contributed by atoms with E-state index >= 15 is 0 Å². The molecular formula is C14H18N2O5. The molecule has 0 aromatic heterocycles. The Balaban J connectivity index is 2.77. The summed E-state index contributed by atoms with van der Waals surface area (Å²) < 4.78 is 9.85. The van der Waals surface area contributed by atoms with Crippen LogP contribution in [0.25, 0.3) is 0 Å². The third kappa shape index (κ3) is 5.52. The van der Waals surface area contributed by atoms with Crippen molar-refractivity contribution in [2.75, 3.05) is 24.4 Å². The van der Waals surface area contributed by atoms with Crippen molar-refractivity contribution in [3.63, 3.8) is 0 Å². The van der Waals surface area contributed by atoms with Crippen molar-refractivity contribution in [3.05, 3.63) is 18.2 Å².